The number of rotatable bonds is 2. The molecule has 4 rings (SSSR count). The molecule has 2 unspecified atom stereocenters. The molecular weight excluding hydrogens is 264 g/mol. The predicted octanol–water partition coefficient (Wildman–Crippen LogP) is 2.28. The van der Waals surface area contributed by atoms with E-state index in [1.165, 1.54) is 12.8 Å². The highest BCUT2D eigenvalue weighted by Crippen LogP contribution is 2.26. The molecule has 0 amide bonds. The molecule has 4 nitrogen and oxygen atoms in total. The van der Waals surface area contributed by atoms with Crippen LogP contribution < -0.4 is 0 Å². The fourth-order valence-electron chi connectivity index (χ4n) is 3.49. The van der Waals surface area contributed by atoms with Crippen molar-refractivity contribution >= 4 is 16.6 Å². The van der Waals surface area contributed by atoms with Crippen molar-refractivity contribution in [2.24, 2.45) is 0 Å². The minimum atomic E-state index is -0.335. The zero-order valence-corrected chi connectivity index (χ0v) is 11.9. The van der Waals surface area contributed by atoms with Gasteiger partial charge in [0.15, 0.2) is 5.78 Å². The van der Waals surface area contributed by atoms with Gasteiger partial charge in [-0.1, -0.05) is 18.2 Å². The van der Waals surface area contributed by atoms with Crippen molar-refractivity contribution in [3.63, 3.8) is 0 Å². The van der Waals surface area contributed by atoms with Gasteiger partial charge in [0.1, 0.15) is 6.10 Å². The zero-order chi connectivity index (χ0) is 14.2. The summed E-state index contributed by atoms with van der Waals surface area (Å²) in [4.78, 5) is 19.4. The largest absolute Gasteiger partial charge is 0.367 e. The second-order valence-electron chi connectivity index (χ2n) is 5.88. The normalized spacial score (nSPS) is 25.9. The number of fused-ring (bicyclic) bond motifs is 2. The van der Waals surface area contributed by atoms with Gasteiger partial charge in [-0.15, -0.1) is 0 Å². The Labute approximate surface area is 123 Å². The van der Waals surface area contributed by atoms with E-state index in [1.807, 2.05) is 24.3 Å². The summed E-state index contributed by atoms with van der Waals surface area (Å²) >= 11 is 0. The molecule has 108 valence electrons. The van der Waals surface area contributed by atoms with E-state index in [0.717, 1.165) is 29.4 Å². The zero-order valence-electron chi connectivity index (χ0n) is 11.9. The van der Waals surface area contributed by atoms with E-state index in [9.17, 15) is 4.79 Å². The van der Waals surface area contributed by atoms with Crippen LogP contribution in [-0.2, 0) is 4.74 Å². The Balaban J connectivity index is 1.64. The lowest BCUT2D eigenvalue weighted by Crippen LogP contribution is -2.49. The van der Waals surface area contributed by atoms with E-state index in [0.29, 0.717) is 12.6 Å². The number of hydrogen-bond acceptors (Lipinski definition) is 4. The van der Waals surface area contributed by atoms with Crippen molar-refractivity contribution in [3.8, 4) is 0 Å². The number of pyridine rings is 1. The SMILES string of the molecule is O=C(c1cccc2cnccc12)C1CN2CCCC2CO1. The van der Waals surface area contributed by atoms with E-state index in [4.69, 9.17) is 4.74 Å². The number of benzene rings is 1. The van der Waals surface area contributed by atoms with Crippen LogP contribution in [0.5, 0.6) is 0 Å². The molecule has 0 N–H and O–H groups in total. The van der Waals surface area contributed by atoms with Crippen molar-refractivity contribution in [2.45, 2.75) is 25.0 Å². The molecule has 0 saturated carbocycles. The molecule has 2 saturated heterocycles. The van der Waals surface area contributed by atoms with Gasteiger partial charge in [-0.25, -0.2) is 0 Å². The first-order valence-electron chi connectivity index (χ1n) is 7.55. The van der Waals surface area contributed by atoms with Gasteiger partial charge >= 0.3 is 0 Å². The highest BCUT2D eigenvalue weighted by Gasteiger charge is 2.35. The van der Waals surface area contributed by atoms with Crippen molar-refractivity contribution in [3.05, 3.63) is 42.2 Å². The van der Waals surface area contributed by atoms with Gasteiger partial charge < -0.3 is 4.74 Å². The third-order valence-corrected chi connectivity index (χ3v) is 4.63. The lowest BCUT2D eigenvalue weighted by molar-refractivity contribution is -0.0343. The van der Waals surface area contributed by atoms with Gasteiger partial charge in [0.05, 0.1) is 6.61 Å². The van der Waals surface area contributed by atoms with Crippen LogP contribution in [0.4, 0.5) is 0 Å². The van der Waals surface area contributed by atoms with E-state index in [1.54, 1.807) is 12.4 Å². The summed E-state index contributed by atoms with van der Waals surface area (Å²) in [5.74, 6) is 0.0946. The van der Waals surface area contributed by atoms with Crippen LogP contribution in [0.25, 0.3) is 10.8 Å². The van der Waals surface area contributed by atoms with Crippen molar-refractivity contribution < 1.29 is 9.53 Å². The summed E-state index contributed by atoms with van der Waals surface area (Å²) in [6.07, 6.45) is 5.61. The maximum atomic E-state index is 12.8. The third-order valence-electron chi connectivity index (χ3n) is 4.63. The van der Waals surface area contributed by atoms with Gasteiger partial charge in [0.25, 0.3) is 0 Å². The number of ether oxygens (including phenoxy) is 1. The maximum Gasteiger partial charge on any atom is 0.193 e. The molecule has 2 fully saturated rings. The predicted molar refractivity (Wildman–Crippen MR) is 80.4 cm³/mol. The van der Waals surface area contributed by atoms with Gasteiger partial charge in [-0.2, -0.15) is 0 Å². The smallest absolute Gasteiger partial charge is 0.193 e. The molecule has 2 aliphatic rings. The molecule has 0 aliphatic carbocycles. The van der Waals surface area contributed by atoms with E-state index in [-0.39, 0.29) is 11.9 Å². The Morgan fingerprint density at radius 3 is 3.24 bits per heavy atom. The molecule has 3 heterocycles. The second kappa shape index (κ2) is 5.20. The topological polar surface area (TPSA) is 42.4 Å². The molecule has 1 aromatic heterocycles. The van der Waals surface area contributed by atoms with E-state index < -0.39 is 0 Å². The fraction of sp³-hybridized carbons (Fsp3) is 0.412. The Kier molecular flexibility index (Phi) is 3.20. The van der Waals surface area contributed by atoms with Gasteiger partial charge in [-0.05, 0) is 30.8 Å². The average molecular weight is 282 g/mol. The minimum Gasteiger partial charge on any atom is -0.367 e. The lowest BCUT2D eigenvalue weighted by Gasteiger charge is -2.34. The quantitative estimate of drug-likeness (QED) is 0.793. The van der Waals surface area contributed by atoms with Crippen LogP contribution in [0, 0.1) is 0 Å². The summed E-state index contributed by atoms with van der Waals surface area (Å²) in [7, 11) is 0. The number of aromatic nitrogens is 1. The molecular formula is C17H18N2O2. The molecule has 21 heavy (non-hydrogen) atoms. The summed E-state index contributed by atoms with van der Waals surface area (Å²) in [6, 6.07) is 8.22. The number of carbonyl (C=O) groups excluding carboxylic acids is 1. The van der Waals surface area contributed by atoms with Gasteiger partial charge in [-0.3, -0.25) is 14.7 Å². The summed E-state index contributed by atoms with van der Waals surface area (Å²) in [5, 5.41) is 1.96. The Bertz CT molecular complexity index is 680. The third kappa shape index (κ3) is 2.24. The fourth-order valence-corrected chi connectivity index (χ4v) is 3.49. The van der Waals surface area contributed by atoms with Crippen LogP contribution in [0.3, 0.4) is 0 Å². The van der Waals surface area contributed by atoms with Crippen LogP contribution in [0.15, 0.2) is 36.7 Å². The van der Waals surface area contributed by atoms with E-state index in [2.05, 4.69) is 9.88 Å². The van der Waals surface area contributed by atoms with Crippen molar-refractivity contribution in [1.82, 2.24) is 9.88 Å². The standard InChI is InChI=1S/C17H18N2O2/c20-17(16-10-19-8-2-4-13(19)11-21-16)15-5-1-3-12-9-18-7-6-14(12)15/h1,3,5-7,9,13,16H,2,4,8,10-11H2. The summed E-state index contributed by atoms with van der Waals surface area (Å²) < 4.78 is 5.85. The average Bonchev–Trinajstić information content (AvgIpc) is 3.01. The number of carbonyl (C=O) groups is 1. The molecule has 2 aromatic rings. The number of ketones is 1. The van der Waals surface area contributed by atoms with Gasteiger partial charge in [0, 0.05) is 35.9 Å². The number of hydrogen-bond donors (Lipinski definition) is 0. The van der Waals surface area contributed by atoms with Crippen LogP contribution >= 0.6 is 0 Å². The number of morpholine rings is 1. The first-order valence-corrected chi connectivity index (χ1v) is 7.55. The van der Waals surface area contributed by atoms with E-state index >= 15 is 0 Å². The van der Waals surface area contributed by atoms with Crippen LogP contribution in [0.2, 0.25) is 0 Å². The first-order chi connectivity index (χ1) is 10.3. The lowest BCUT2D eigenvalue weighted by atomic mass is 9.98. The summed E-state index contributed by atoms with van der Waals surface area (Å²) in [6.45, 7) is 2.50. The summed E-state index contributed by atoms with van der Waals surface area (Å²) in [5.41, 5.74) is 0.748. The molecule has 0 spiro atoms. The molecule has 0 radical (unpaired) electrons. The molecule has 1 aromatic carbocycles. The monoisotopic (exact) mass is 282 g/mol. The van der Waals surface area contributed by atoms with Crippen molar-refractivity contribution in [1.29, 1.82) is 0 Å². The molecule has 2 atom stereocenters. The molecule has 2 aliphatic heterocycles. The molecule has 0 bridgehead atoms. The second-order valence-corrected chi connectivity index (χ2v) is 5.88. The Morgan fingerprint density at radius 2 is 2.29 bits per heavy atom. The van der Waals surface area contributed by atoms with Crippen molar-refractivity contribution in [2.75, 3.05) is 19.7 Å². The Morgan fingerprint density at radius 1 is 1.33 bits per heavy atom. The van der Waals surface area contributed by atoms with Crippen LogP contribution in [-0.4, -0.2) is 47.5 Å². The maximum absolute atomic E-state index is 12.8. The number of Topliss-reactive ketones (excluding diaryl/α,β-unsaturated/α-hetero) is 1. The molecule has 4 heteroatoms. The van der Waals surface area contributed by atoms with Crippen LogP contribution in [0.1, 0.15) is 23.2 Å². The Hall–Kier alpha value is -1.78. The first kappa shape index (κ1) is 12.9. The highest BCUT2D eigenvalue weighted by molar-refractivity contribution is 6.10. The van der Waals surface area contributed by atoms with Gasteiger partial charge in [0.2, 0.25) is 0 Å². The number of nitrogens with zero attached hydrogens (tertiary/aromatic N) is 2. The highest BCUT2D eigenvalue weighted by atomic mass is 16.5. The minimum absolute atomic E-state index is 0.0946.